The standard InChI is InChI=1S/C19H19N5O5/c20-21-19(26)18-10-17(13-4-2-1-3-5-13)22-23(18)11-15(25)12-29-16-8-6-14(7-9-16)24(27)28/h1-10,15,25H,11-12,20H2,(H,21,26). The molecule has 10 heteroatoms. The molecule has 0 saturated carbocycles. The maximum atomic E-state index is 12.1. The Hall–Kier alpha value is -3.76. The zero-order valence-electron chi connectivity index (χ0n) is 15.3. The third-order valence-electron chi connectivity index (χ3n) is 4.09. The Morgan fingerprint density at radius 1 is 1.24 bits per heavy atom. The van der Waals surface area contributed by atoms with Crippen LogP contribution in [-0.4, -0.2) is 38.4 Å². The lowest BCUT2D eigenvalue weighted by atomic mass is 10.1. The van der Waals surface area contributed by atoms with Gasteiger partial charge in [-0.3, -0.25) is 25.0 Å². The van der Waals surface area contributed by atoms with Gasteiger partial charge in [-0.2, -0.15) is 5.10 Å². The largest absolute Gasteiger partial charge is 0.491 e. The lowest BCUT2D eigenvalue weighted by Crippen LogP contribution is -2.33. The van der Waals surface area contributed by atoms with Crippen LogP contribution in [0.15, 0.2) is 60.7 Å². The second-order valence-corrected chi connectivity index (χ2v) is 6.15. The quantitative estimate of drug-likeness (QED) is 0.226. The van der Waals surface area contributed by atoms with Gasteiger partial charge in [0.2, 0.25) is 0 Å². The average molecular weight is 397 g/mol. The first-order valence-electron chi connectivity index (χ1n) is 8.67. The molecule has 0 aliphatic rings. The molecule has 4 N–H and O–H groups in total. The summed E-state index contributed by atoms with van der Waals surface area (Å²) in [4.78, 5) is 22.2. The van der Waals surface area contributed by atoms with E-state index in [1.807, 2.05) is 30.3 Å². The third-order valence-corrected chi connectivity index (χ3v) is 4.09. The number of nitro groups is 1. The predicted octanol–water partition coefficient (Wildman–Crippen LogP) is 1.50. The van der Waals surface area contributed by atoms with E-state index in [4.69, 9.17) is 10.6 Å². The number of aliphatic hydroxyl groups excluding tert-OH is 1. The summed E-state index contributed by atoms with van der Waals surface area (Å²) in [6, 6.07) is 16.4. The summed E-state index contributed by atoms with van der Waals surface area (Å²) in [6.07, 6.45) is -0.988. The molecule has 1 amide bonds. The molecule has 0 spiro atoms. The molecule has 1 atom stereocenters. The van der Waals surface area contributed by atoms with Crippen molar-refractivity contribution >= 4 is 11.6 Å². The fourth-order valence-electron chi connectivity index (χ4n) is 2.67. The number of rotatable bonds is 8. The molecule has 150 valence electrons. The van der Waals surface area contributed by atoms with E-state index in [-0.39, 0.29) is 24.5 Å². The Balaban J connectivity index is 1.70. The highest BCUT2D eigenvalue weighted by molar-refractivity contribution is 5.93. The zero-order chi connectivity index (χ0) is 20.8. The number of hydrogen-bond acceptors (Lipinski definition) is 7. The molecule has 0 bridgehead atoms. The second-order valence-electron chi connectivity index (χ2n) is 6.15. The third kappa shape index (κ3) is 4.94. The minimum absolute atomic E-state index is 0.0113. The minimum atomic E-state index is -0.988. The summed E-state index contributed by atoms with van der Waals surface area (Å²) in [7, 11) is 0. The number of nitrogens with zero attached hydrogens (tertiary/aromatic N) is 3. The van der Waals surface area contributed by atoms with Crippen molar-refractivity contribution in [3.63, 3.8) is 0 Å². The van der Waals surface area contributed by atoms with E-state index in [0.717, 1.165) is 5.56 Å². The van der Waals surface area contributed by atoms with Gasteiger partial charge in [0.1, 0.15) is 24.2 Å². The molecule has 0 aliphatic heterocycles. The predicted molar refractivity (Wildman–Crippen MR) is 104 cm³/mol. The highest BCUT2D eigenvalue weighted by Gasteiger charge is 2.18. The number of amides is 1. The van der Waals surface area contributed by atoms with E-state index in [0.29, 0.717) is 11.4 Å². The topological polar surface area (TPSA) is 146 Å². The first kappa shape index (κ1) is 20.0. The van der Waals surface area contributed by atoms with Crippen LogP contribution in [0.5, 0.6) is 5.75 Å². The van der Waals surface area contributed by atoms with Crippen molar-refractivity contribution in [2.24, 2.45) is 5.84 Å². The van der Waals surface area contributed by atoms with Crippen molar-refractivity contribution < 1.29 is 19.6 Å². The summed E-state index contributed by atoms with van der Waals surface area (Å²) in [5.74, 6) is 5.08. The Morgan fingerprint density at radius 2 is 1.93 bits per heavy atom. The number of aliphatic hydroxyl groups is 1. The van der Waals surface area contributed by atoms with E-state index >= 15 is 0 Å². The van der Waals surface area contributed by atoms with Gasteiger partial charge in [-0.15, -0.1) is 0 Å². The SMILES string of the molecule is NNC(=O)c1cc(-c2ccccc2)nn1CC(O)COc1ccc([N+](=O)[O-])cc1. The summed E-state index contributed by atoms with van der Waals surface area (Å²) < 4.78 is 6.81. The lowest BCUT2D eigenvalue weighted by molar-refractivity contribution is -0.384. The number of nitrogens with two attached hydrogens (primary N) is 1. The first-order valence-corrected chi connectivity index (χ1v) is 8.67. The van der Waals surface area contributed by atoms with Crippen molar-refractivity contribution in [3.05, 3.63) is 76.5 Å². The van der Waals surface area contributed by atoms with Gasteiger partial charge in [0, 0.05) is 17.7 Å². The smallest absolute Gasteiger partial charge is 0.283 e. The monoisotopic (exact) mass is 397 g/mol. The van der Waals surface area contributed by atoms with Crippen LogP contribution in [0.25, 0.3) is 11.3 Å². The molecule has 0 radical (unpaired) electrons. The molecule has 1 aromatic heterocycles. The Morgan fingerprint density at radius 3 is 2.55 bits per heavy atom. The molecule has 0 aliphatic carbocycles. The molecule has 1 unspecified atom stereocenters. The lowest BCUT2D eigenvalue weighted by Gasteiger charge is -2.14. The van der Waals surface area contributed by atoms with Gasteiger partial charge in [0.05, 0.1) is 17.2 Å². The van der Waals surface area contributed by atoms with Crippen LogP contribution in [0.3, 0.4) is 0 Å². The number of non-ortho nitro benzene ring substituents is 1. The van der Waals surface area contributed by atoms with E-state index < -0.39 is 16.9 Å². The van der Waals surface area contributed by atoms with Gasteiger partial charge in [-0.1, -0.05) is 30.3 Å². The molecule has 29 heavy (non-hydrogen) atoms. The van der Waals surface area contributed by atoms with Crippen molar-refractivity contribution in [2.45, 2.75) is 12.6 Å². The molecule has 3 rings (SSSR count). The van der Waals surface area contributed by atoms with Gasteiger partial charge in [0.25, 0.3) is 11.6 Å². The van der Waals surface area contributed by atoms with Crippen molar-refractivity contribution in [3.8, 4) is 17.0 Å². The van der Waals surface area contributed by atoms with E-state index in [1.165, 1.54) is 28.9 Å². The first-order chi connectivity index (χ1) is 14.0. The van der Waals surface area contributed by atoms with Crippen LogP contribution >= 0.6 is 0 Å². The summed E-state index contributed by atoms with van der Waals surface area (Å²) in [5, 5.41) is 25.4. The number of benzene rings is 2. The Labute approximate surface area is 165 Å². The molecule has 0 fully saturated rings. The van der Waals surface area contributed by atoms with Crippen LogP contribution in [0.2, 0.25) is 0 Å². The van der Waals surface area contributed by atoms with E-state index in [2.05, 4.69) is 10.5 Å². The normalized spacial score (nSPS) is 11.7. The van der Waals surface area contributed by atoms with E-state index in [1.54, 1.807) is 6.07 Å². The van der Waals surface area contributed by atoms with Crippen LogP contribution in [0.1, 0.15) is 10.5 Å². The summed E-state index contributed by atoms with van der Waals surface area (Å²) in [6.45, 7) is -0.107. The van der Waals surface area contributed by atoms with Gasteiger partial charge < -0.3 is 9.84 Å². The number of nitrogen functional groups attached to an aromatic ring is 1. The fraction of sp³-hybridized carbons (Fsp3) is 0.158. The maximum Gasteiger partial charge on any atom is 0.283 e. The van der Waals surface area contributed by atoms with Crippen LogP contribution in [0.4, 0.5) is 5.69 Å². The molecule has 3 aromatic rings. The van der Waals surface area contributed by atoms with Crippen molar-refractivity contribution in [1.29, 1.82) is 0 Å². The molecular formula is C19H19N5O5. The minimum Gasteiger partial charge on any atom is -0.491 e. The van der Waals surface area contributed by atoms with Crippen LogP contribution in [-0.2, 0) is 6.54 Å². The zero-order valence-corrected chi connectivity index (χ0v) is 15.3. The highest BCUT2D eigenvalue weighted by Crippen LogP contribution is 2.20. The highest BCUT2D eigenvalue weighted by atomic mass is 16.6. The second kappa shape index (κ2) is 8.95. The number of nitrogens with one attached hydrogen (secondary N) is 1. The number of carbonyl (C=O) groups excluding carboxylic acids is 1. The number of aromatic nitrogens is 2. The summed E-state index contributed by atoms with van der Waals surface area (Å²) in [5.41, 5.74) is 3.58. The maximum absolute atomic E-state index is 12.1. The Kier molecular flexibility index (Phi) is 6.17. The van der Waals surface area contributed by atoms with Gasteiger partial charge in [0.15, 0.2) is 0 Å². The van der Waals surface area contributed by atoms with Crippen LogP contribution in [0, 0.1) is 10.1 Å². The van der Waals surface area contributed by atoms with Gasteiger partial charge in [-0.25, -0.2) is 5.84 Å². The molecular weight excluding hydrogens is 378 g/mol. The van der Waals surface area contributed by atoms with Crippen LogP contribution < -0.4 is 16.0 Å². The molecule has 10 nitrogen and oxygen atoms in total. The number of ether oxygens (including phenoxy) is 1. The Bertz CT molecular complexity index is 988. The average Bonchev–Trinajstić information content (AvgIpc) is 3.16. The molecule has 1 heterocycles. The summed E-state index contributed by atoms with van der Waals surface area (Å²) >= 11 is 0. The van der Waals surface area contributed by atoms with Gasteiger partial charge in [-0.05, 0) is 18.2 Å². The van der Waals surface area contributed by atoms with Crippen molar-refractivity contribution in [2.75, 3.05) is 6.61 Å². The number of nitro benzene ring substituents is 1. The van der Waals surface area contributed by atoms with Crippen molar-refractivity contribution in [1.82, 2.24) is 15.2 Å². The molecule has 2 aromatic carbocycles. The number of hydrazine groups is 1. The number of hydrogen-bond donors (Lipinski definition) is 3. The number of carbonyl (C=O) groups is 1. The van der Waals surface area contributed by atoms with E-state index in [9.17, 15) is 20.0 Å². The molecule has 0 saturated heterocycles. The van der Waals surface area contributed by atoms with Gasteiger partial charge >= 0.3 is 0 Å². The fourth-order valence-corrected chi connectivity index (χ4v) is 2.67.